The molecule has 0 amide bonds. The van der Waals surface area contributed by atoms with E-state index in [9.17, 15) is 4.39 Å². The topological polar surface area (TPSA) is 83.8 Å². The van der Waals surface area contributed by atoms with Gasteiger partial charge >= 0.3 is 0 Å². The summed E-state index contributed by atoms with van der Waals surface area (Å²) < 4.78 is 32.1. The summed E-state index contributed by atoms with van der Waals surface area (Å²) in [5.74, 6) is 1.39. The van der Waals surface area contributed by atoms with E-state index in [1.807, 2.05) is 24.4 Å². The number of pyridine rings is 1. The van der Waals surface area contributed by atoms with Crippen molar-refractivity contribution in [1.29, 1.82) is 0 Å². The second-order valence-corrected chi connectivity index (χ2v) is 10.9. The number of hydrogen-bond donors (Lipinski definition) is 2. The van der Waals surface area contributed by atoms with Crippen molar-refractivity contribution in [2.45, 2.75) is 43.8 Å². The number of fused-ring (bicyclic) bond motifs is 5. The quantitative estimate of drug-likeness (QED) is 0.432. The van der Waals surface area contributed by atoms with Crippen LogP contribution in [0.25, 0.3) is 22.3 Å². The number of halogens is 2. The first-order chi connectivity index (χ1) is 18.0. The highest BCUT2D eigenvalue weighted by Crippen LogP contribution is 2.53. The minimum atomic E-state index is -0.607. The van der Waals surface area contributed by atoms with Gasteiger partial charge in [0.2, 0.25) is 5.95 Å². The van der Waals surface area contributed by atoms with E-state index in [-0.39, 0.29) is 17.2 Å². The Balaban J connectivity index is 1.06. The van der Waals surface area contributed by atoms with Crippen molar-refractivity contribution in [3.05, 3.63) is 59.7 Å². The van der Waals surface area contributed by atoms with Gasteiger partial charge in [0.05, 0.1) is 11.7 Å². The highest BCUT2D eigenvalue weighted by atomic mass is 19.1. The molecular weight excluding hydrogens is 474 g/mol. The summed E-state index contributed by atoms with van der Waals surface area (Å²) >= 11 is 0. The number of imidazole rings is 1. The maximum atomic E-state index is 15.1. The first-order valence-electron chi connectivity index (χ1n) is 13.0. The van der Waals surface area contributed by atoms with E-state index >= 15 is 4.39 Å². The van der Waals surface area contributed by atoms with Gasteiger partial charge in [0, 0.05) is 61.9 Å². The van der Waals surface area contributed by atoms with E-state index in [1.165, 1.54) is 6.07 Å². The number of aromatic nitrogens is 5. The van der Waals surface area contributed by atoms with Gasteiger partial charge in [0.25, 0.3) is 0 Å². The number of anilines is 2. The minimum absolute atomic E-state index is 0.0468. The molecule has 0 bridgehead atoms. The summed E-state index contributed by atoms with van der Waals surface area (Å²) in [6.45, 7) is 4.19. The molecule has 4 aliphatic rings. The zero-order valence-corrected chi connectivity index (χ0v) is 20.2. The molecule has 10 heteroatoms. The second-order valence-electron chi connectivity index (χ2n) is 10.9. The van der Waals surface area contributed by atoms with E-state index < -0.39 is 11.6 Å². The molecule has 3 fully saturated rings. The first kappa shape index (κ1) is 21.6. The Hall–Kier alpha value is -3.50. The SMILES string of the molecule is Fc1cnc(Nc2ccc(CN3CC4CNC4C3)cn2)nc1-c1cc(F)c2nc3n(c2c1)C1(CC3)CC1. The van der Waals surface area contributed by atoms with E-state index in [0.717, 1.165) is 75.4 Å². The molecule has 2 N–H and O–H groups in total. The Labute approximate surface area is 212 Å². The Morgan fingerprint density at radius 1 is 1.03 bits per heavy atom. The smallest absolute Gasteiger partial charge is 0.229 e. The number of benzene rings is 1. The second kappa shape index (κ2) is 7.75. The zero-order valence-electron chi connectivity index (χ0n) is 20.2. The van der Waals surface area contributed by atoms with Gasteiger partial charge in [-0.05, 0) is 43.0 Å². The molecule has 188 valence electrons. The predicted octanol–water partition coefficient (Wildman–Crippen LogP) is 3.75. The Kier molecular flexibility index (Phi) is 4.52. The standard InChI is InChI=1S/C27H26F2N8/c28-18-7-16(8-21-25(18)34-23-3-4-27(5-6-27)37(21)23)24-19(29)11-32-26(35-24)33-22-2-1-15(9-31-22)12-36-13-17-10-30-20(17)14-36/h1-2,7-9,11,17,20,30H,3-6,10,12-14H2,(H,31,32,33,35). The van der Waals surface area contributed by atoms with Crippen LogP contribution in [-0.2, 0) is 18.5 Å². The summed E-state index contributed by atoms with van der Waals surface area (Å²) in [5.41, 5.74) is 2.68. The molecule has 3 aromatic heterocycles. The number of hydrogen-bond acceptors (Lipinski definition) is 7. The fourth-order valence-electron chi connectivity index (χ4n) is 6.36. The van der Waals surface area contributed by atoms with Crippen LogP contribution in [0.3, 0.4) is 0 Å². The minimum Gasteiger partial charge on any atom is -0.322 e. The van der Waals surface area contributed by atoms with Gasteiger partial charge in [-0.2, -0.15) is 0 Å². The molecular formula is C27H26F2N8. The van der Waals surface area contributed by atoms with Gasteiger partial charge in [-0.3, -0.25) is 4.90 Å². The van der Waals surface area contributed by atoms with Gasteiger partial charge in [-0.1, -0.05) is 6.07 Å². The highest BCUT2D eigenvalue weighted by molar-refractivity contribution is 5.83. The molecule has 2 unspecified atom stereocenters. The number of likely N-dealkylation sites (tertiary alicyclic amines) is 1. The third-order valence-corrected chi connectivity index (χ3v) is 8.55. The Morgan fingerprint density at radius 3 is 2.68 bits per heavy atom. The van der Waals surface area contributed by atoms with Crippen molar-refractivity contribution < 1.29 is 8.78 Å². The lowest BCUT2D eigenvalue weighted by molar-refractivity contribution is 0.295. The molecule has 1 spiro atoms. The van der Waals surface area contributed by atoms with Crippen molar-refractivity contribution >= 4 is 22.8 Å². The van der Waals surface area contributed by atoms with Crippen molar-refractivity contribution in [2.75, 3.05) is 25.0 Å². The van der Waals surface area contributed by atoms with Gasteiger partial charge < -0.3 is 15.2 Å². The molecule has 2 saturated heterocycles. The molecule has 3 aliphatic heterocycles. The number of aryl methyl sites for hydroxylation is 1. The summed E-state index contributed by atoms with van der Waals surface area (Å²) in [5, 5.41) is 6.54. The van der Waals surface area contributed by atoms with Crippen molar-refractivity contribution in [3.8, 4) is 11.3 Å². The molecule has 8 rings (SSSR count). The summed E-state index contributed by atoms with van der Waals surface area (Å²) in [6, 6.07) is 7.67. The Bertz CT molecular complexity index is 1530. The normalized spacial score (nSPS) is 23.3. The number of nitrogens with zero attached hydrogens (tertiary/aromatic N) is 6. The maximum absolute atomic E-state index is 15.1. The third-order valence-electron chi connectivity index (χ3n) is 8.55. The van der Waals surface area contributed by atoms with Crippen molar-refractivity contribution in [3.63, 3.8) is 0 Å². The van der Waals surface area contributed by atoms with Crippen LogP contribution in [0.1, 0.15) is 30.7 Å². The maximum Gasteiger partial charge on any atom is 0.229 e. The zero-order chi connectivity index (χ0) is 24.7. The van der Waals surface area contributed by atoms with Crippen LogP contribution < -0.4 is 10.6 Å². The number of nitrogens with one attached hydrogen (secondary N) is 2. The molecule has 37 heavy (non-hydrogen) atoms. The average molecular weight is 501 g/mol. The first-order valence-corrected chi connectivity index (χ1v) is 13.0. The summed E-state index contributed by atoms with van der Waals surface area (Å²) in [4.78, 5) is 20.0. The van der Waals surface area contributed by atoms with Gasteiger partial charge in [0.15, 0.2) is 11.6 Å². The summed E-state index contributed by atoms with van der Waals surface area (Å²) in [6.07, 6.45) is 7.00. The molecule has 4 aromatic rings. The monoisotopic (exact) mass is 500 g/mol. The van der Waals surface area contributed by atoms with Crippen molar-refractivity contribution in [1.82, 2.24) is 34.7 Å². The van der Waals surface area contributed by atoms with Crippen LogP contribution >= 0.6 is 0 Å². The fraction of sp³-hybridized carbons (Fsp3) is 0.407. The van der Waals surface area contributed by atoms with Gasteiger partial charge in [0.1, 0.15) is 22.9 Å². The number of rotatable bonds is 5. The largest absolute Gasteiger partial charge is 0.322 e. The van der Waals surface area contributed by atoms with Crippen molar-refractivity contribution in [2.24, 2.45) is 5.92 Å². The molecule has 8 nitrogen and oxygen atoms in total. The lowest BCUT2D eigenvalue weighted by Crippen LogP contribution is -2.51. The van der Waals surface area contributed by atoms with Gasteiger partial charge in [-0.15, -0.1) is 0 Å². The van der Waals surface area contributed by atoms with E-state index in [2.05, 4.69) is 40.0 Å². The molecule has 1 aromatic carbocycles. The molecule has 1 saturated carbocycles. The van der Waals surface area contributed by atoms with Crippen LogP contribution in [0, 0.1) is 17.6 Å². The third kappa shape index (κ3) is 3.46. The fourth-order valence-corrected chi connectivity index (χ4v) is 6.36. The molecule has 1 aliphatic carbocycles. The van der Waals surface area contributed by atoms with Crippen LogP contribution in [0.5, 0.6) is 0 Å². The van der Waals surface area contributed by atoms with E-state index in [4.69, 9.17) is 0 Å². The van der Waals surface area contributed by atoms with Crippen LogP contribution in [0.2, 0.25) is 0 Å². The molecule has 6 heterocycles. The molecule has 0 radical (unpaired) electrons. The summed E-state index contributed by atoms with van der Waals surface area (Å²) in [7, 11) is 0. The lowest BCUT2D eigenvalue weighted by Gasteiger charge is -2.30. The van der Waals surface area contributed by atoms with Crippen LogP contribution in [-0.4, -0.2) is 55.1 Å². The van der Waals surface area contributed by atoms with Gasteiger partial charge in [-0.25, -0.2) is 28.7 Å². The van der Waals surface area contributed by atoms with Crippen LogP contribution in [0.15, 0.2) is 36.7 Å². The van der Waals surface area contributed by atoms with Crippen LogP contribution in [0.4, 0.5) is 20.5 Å². The predicted molar refractivity (Wildman–Crippen MR) is 134 cm³/mol. The molecule has 2 atom stereocenters. The van der Waals surface area contributed by atoms with E-state index in [0.29, 0.717) is 28.5 Å². The van der Waals surface area contributed by atoms with E-state index in [1.54, 1.807) is 0 Å². The average Bonchev–Trinajstić information content (AvgIpc) is 3.32. The lowest BCUT2D eigenvalue weighted by atomic mass is 9.96. The highest BCUT2D eigenvalue weighted by Gasteiger charge is 2.50. The Morgan fingerprint density at radius 2 is 1.95 bits per heavy atom.